The topological polar surface area (TPSA) is 69.0 Å². The minimum atomic E-state index is -0.332. The van der Waals surface area contributed by atoms with Crippen LogP contribution in [0.5, 0.6) is 5.75 Å². The summed E-state index contributed by atoms with van der Waals surface area (Å²) in [6, 6.07) is 16.7. The number of carbonyl (C=O) groups is 1. The number of benzene rings is 3. The fourth-order valence-corrected chi connectivity index (χ4v) is 4.66. The predicted octanol–water partition coefficient (Wildman–Crippen LogP) is 5.92. The van der Waals surface area contributed by atoms with Gasteiger partial charge in [0.2, 0.25) is 0 Å². The summed E-state index contributed by atoms with van der Waals surface area (Å²) < 4.78 is 7.38. The molecule has 0 radical (unpaired) electrons. The van der Waals surface area contributed by atoms with Crippen LogP contribution < -0.4 is 10.1 Å². The van der Waals surface area contributed by atoms with Gasteiger partial charge < -0.3 is 10.1 Å². The summed E-state index contributed by atoms with van der Waals surface area (Å²) in [5.74, 6) is 0.279. The first-order valence-corrected chi connectivity index (χ1v) is 10.9. The lowest BCUT2D eigenvalue weighted by atomic mass is 10.2. The lowest BCUT2D eigenvalue weighted by molar-refractivity contribution is -0.118. The molecule has 0 fully saturated rings. The third-order valence-electron chi connectivity index (χ3n) is 4.27. The van der Waals surface area contributed by atoms with Crippen molar-refractivity contribution in [2.75, 3.05) is 11.9 Å². The Morgan fingerprint density at radius 3 is 2.50 bits per heavy atom. The van der Waals surface area contributed by atoms with E-state index in [0.717, 1.165) is 20.2 Å². The van der Waals surface area contributed by atoms with Crippen molar-refractivity contribution >= 4 is 66.1 Å². The van der Waals surface area contributed by atoms with Crippen molar-refractivity contribution in [3.63, 3.8) is 0 Å². The second-order valence-electron chi connectivity index (χ2n) is 6.52. The van der Waals surface area contributed by atoms with Crippen molar-refractivity contribution in [1.82, 2.24) is 15.0 Å². The Hall–Kier alpha value is -2.42. The van der Waals surface area contributed by atoms with Crippen LogP contribution in [-0.2, 0) is 4.79 Å². The number of nitrogens with zero attached hydrogens (tertiary/aromatic N) is 3. The predicted molar refractivity (Wildman–Crippen MR) is 125 cm³/mol. The maximum atomic E-state index is 12.4. The summed E-state index contributed by atoms with van der Waals surface area (Å²) in [6.07, 6.45) is 0. The summed E-state index contributed by atoms with van der Waals surface area (Å²) in [7, 11) is 0. The van der Waals surface area contributed by atoms with E-state index in [1.54, 1.807) is 12.1 Å². The molecule has 0 unspecified atom stereocenters. The molecule has 0 aliphatic heterocycles. The SMILES string of the molecule is Cc1cc(Br)cc(Br)c1OCC(=O)Nc1cc2nn(-c3ccccc3)nc2cc1Cl. The van der Waals surface area contributed by atoms with E-state index in [4.69, 9.17) is 16.3 Å². The Balaban J connectivity index is 1.51. The number of hydrogen-bond acceptors (Lipinski definition) is 4. The van der Waals surface area contributed by atoms with Crippen LogP contribution in [0.25, 0.3) is 16.7 Å². The monoisotopic (exact) mass is 548 g/mol. The lowest BCUT2D eigenvalue weighted by Gasteiger charge is -2.12. The van der Waals surface area contributed by atoms with E-state index in [1.165, 1.54) is 4.80 Å². The van der Waals surface area contributed by atoms with Gasteiger partial charge in [-0.15, -0.1) is 10.2 Å². The van der Waals surface area contributed by atoms with E-state index >= 15 is 0 Å². The number of hydrogen-bond donors (Lipinski definition) is 1. The molecule has 0 saturated carbocycles. The molecular formula is C21H15Br2ClN4O2. The van der Waals surface area contributed by atoms with Gasteiger partial charge in [-0.05, 0) is 64.8 Å². The van der Waals surface area contributed by atoms with Crippen LogP contribution in [0.4, 0.5) is 5.69 Å². The van der Waals surface area contributed by atoms with E-state index in [0.29, 0.717) is 27.5 Å². The highest BCUT2D eigenvalue weighted by atomic mass is 79.9. The zero-order valence-electron chi connectivity index (χ0n) is 15.7. The van der Waals surface area contributed by atoms with Crippen molar-refractivity contribution in [2.24, 2.45) is 0 Å². The average Bonchev–Trinajstić information content (AvgIpc) is 3.11. The first-order valence-electron chi connectivity index (χ1n) is 8.91. The van der Waals surface area contributed by atoms with Crippen molar-refractivity contribution in [3.8, 4) is 11.4 Å². The lowest BCUT2D eigenvalue weighted by Crippen LogP contribution is -2.20. The minimum Gasteiger partial charge on any atom is -0.482 e. The molecule has 3 aromatic carbocycles. The summed E-state index contributed by atoms with van der Waals surface area (Å²) in [5, 5.41) is 12.1. The third-order valence-corrected chi connectivity index (χ3v) is 5.63. The van der Waals surface area contributed by atoms with E-state index in [-0.39, 0.29) is 12.5 Å². The first kappa shape index (κ1) is 20.8. The number of amides is 1. The summed E-state index contributed by atoms with van der Waals surface area (Å²) >= 11 is 13.2. The molecular weight excluding hydrogens is 536 g/mol. The Morgan fingerprint density at radius 1 is 1.10 bits per heavy atom. The van der Waals surface area contributed by atoms with Gasteiger partial charge >= 0.3 is 0 Å². The molecule has 0 aliphatic rings. The number of ether oxygens (including phenoxy) is 1. The van der Waals surface area contributed by atoms with Crippen molar-refractivity contribution in [2.45, 2.75) is 6.92 Å². The largest absolute Gasteiger partial charge is 0.482 e. The van der Waals surface area contributed by atoms with Gasteiger partial charge in [-0.3, -0.25) is 4.79 Å². The number of rotatable bonds is 5. The maximum absolute atomic E-state index is 12.4. The second-order valence-corrected chi connectivity index (χ2v) is 8.69. The molecule has 6 nitrogen and oxygen atoms in total. The van der Waals surface area contributed by atoms with Gasteiger partial charge in [-0.1, -0.05) is 45.7 Å². The van der Waals surface area contributed by atoms with Gasteiger partial charge in [0.15, 0.2) is 6.61 Å². The van der Waals surface area contributed by atoms with E-state index in [9.17, 15) is 4.79 Å². The van der Waals surface area contributed by atoms with E-state index in [1.807, 2.05) is 49.4 Å². The Labute approximate surface area is 194 Å². The molecule has 1 amide bonds. The molecule has 4 rings (SSSR count). The number of fused-ring (bicyclic) bond motifs is 1. The molecule has 30 heavy (non-hydrogen) atoms. The number of anilines is 1. The van der Waals surface area contributed by atoms with Crippen LogP contribution in [0.15, 0.2) is 63.5 Å². The molecule has 1 aromatic heterocycles. The van der Waals surface area contributed by atoms with Gasteiger partial charge in [0.1, 0.15) is 16.8 Å². The van der Waals surface area contributed by atoms with Crippen LogP contribution in [0.2, 0.25) is 5.02 Å². The highest BCUT2D eigenvalue weighted by Crippen LogP contribution is 2.32. The maximum Gasteiger partial charge on any atom is 0.262 e. The smallest absolute Gasteiger partial charge is 0.262 e. The standard InChI is InChI=1S/C21H15Br2ClN4O2/c1-12-7-13(22)8-15(23)21(12)30-11-20(29)25-17-10-19-18(9-16(17)24)26-28(27-19)14-5-3-2-4-6-14/h2-10H,11H2,1H3,(H,25,29). The van der Waals surface area contributed by atoms with Crippen LogP contribution in [0.3, 0.4) is 0 Å². The molecule has 1 heterocycles. The van der Waals surface area contributed by atoms with Crippen LogP contribution in [-0.4, -0.2) is 27.5 Å². The van der Waals surface area contributed by atoms with E-state index in [2.05, 4.69) is 47.4 Å². The zero-order valence-corrected chi connectivity index (χ0v) is 19.6. The zero-order chi connectivity index (χ0) is 21.3. The number of aromatic nitrogens is 3. The number of aryl methyl sites for hydroxylation is 1. The van der Waals surface area contributed by atoms with Crippen LogP contribution >= 0.6 is 43.5 Å². The Bertz CT molecular complexity index is 1220. The highest BCUT2D eigenvalue weighted by Gasteiger charge is 2.14. The second kappa shape index (κ2) is 8.75. The quantitative estimate of drug-likeness (QED) is 0.335. The number of nitrogens with one attached hydrogen (secondary N) is 1. The normalized spacial score (nSPS) is 10.9. The van der Waals surface area contributed by atoms with E-state index < -0.39 is 0 Å². The molecule has 4 aromatic rings. The van der Waals surface area contributed by atoms with Crippen molar-refractivity contribution in [1.29, 1.82) is 0 Å². The van der Waals surface area contributed by atoms with Gasteiger partial charge in [0.05, 0.1) is 20.9 Å². The van der Waals surface area contributed by atoms with Crippen LogP contribution in [0, 0.1) is 6.92 Å². The molecule has 1 N–H and O–H groups in total. The highest BCUT2D eigenvalue weighted by molar-refractivity contribution is 9.11. The van der Waals surface area contributed by atoms with Crippen molar-refractivity contribution in [3.05, 3.63) is 74.1 Å². The number of carbonyl (C=O) groups excluding carboxylic acids is 1. The third kappa shape index (κ3) is 4.50. The van der Waals surface area contributed by atoms with Gasteiger partial charge in [-0.2, -0.15) is 4.80 Å². The van der Waals surface area contributed by atoms with Crippen LogP contribution in [0.1, 0.15) is 5.56 Å². The number of halogens is 3. The molecule has 0 bridgehead atoms. The van der Waals surface area contributed by atoms with Gasteiger partial charge in [-0.25, -0.2) is 0 Å². The molecule has 9 heteroatoms. The molecule has 0 saturated heterocycles. The summed E-state index contributed by atoms with van der Waals surface area (Å²) in [5.41, 5.74) is 3.43. The number of para-hydroxylation sites is 1. The van der Waals surface area contributed by atoms with Gasteiger partial charge in [0, 0.05) is 4.47 Å². The molecule has 0 aliphatic carbocycles. The Kier molecular flexibility index (Phi) is 6.08. The molecule has 152 valence electrons. The first-order chi connectivity index (χ1) is 14.4. The molecule has 0 atom stereocenters. The Morgan fingerprint density at radius 2 is 1.80 bits per heavy atom. The van der Waals surface area contributed by atoms with Gasteiger partial charge in [0.25, 0.3) is 5.91 Å². The fourth-order valence-electron chi connectivity index (χ4n) is 2.91. The summed E-state index contributed by atoms with van der Waals surface area (Å²) in [6.45, 7) is 1.75. The van der Waals surface area contributed by atoms with Crippen molar-refractivity contribution < 1.29 is 9.53 Å². The average molecular weight is 551 g/mol. The molecule has 0 spiro atoms. The fraction of sp³-hybridized carbons (Fsp3) is 0.0952. The minimum absolute atomic E-state index is 0.161. The summed E-state index contributed by atoms with van der Waals surface area (Å²) in [4.78, 5) is 14.0.